The number of anilines is 1. The van der Waals surface area contributed by atoms with Crippen molar-refractivity contribution in [3.63, 3.8) is 0 Å². The van der Waals surface area contributed by atoms with Gasteiger partial charge in [-0.25, -0.2) is 9.97 Å². The minimum atomic E-state index is 0.194. The molecule has 0 bridgehead atoms. The highest BCUT2D eigenvalue weighted by Crippen LogP contribution is 2.21. The van der Waals surface area contributed by atoms with Crippen LogP contribution in [-0.2, 0) is 0 Å². The quantitative estimate of drug-likeness (QED) is 0.867. The van der Waals surface area contributed by atoms with Crippen molar-refractivity contribution in [1.82, 2.24) is 15.0 Å². The van der Waals surface area contributed by atoms with E-state index in [9.17, 15) is 0 Å². The average Bonchev–Trinajstić information content (AvgIpc) is 2.38. The smallest absolute Gasteiger partial charge is 0.133 e. The Hall–Kier alpha value is -2.48. The Labute approximate surface area is 105 Å². The molecule has 5 nitrogen and oxygen atoms in total. The molecule has 2 heterocycles. The van der Waals surface area contributed by atoms with Gasteiger partial charge in [0.1, 0.15) is 17.7 Å². The van der Waals surface area contributed by atoms with Gasteiger partial charge >= 0.3 is 0 Å². The van der Waals surface area contributed by atoms with Crippen LogP contribution in [0.3, 0.4) is 0 Å². The van der Waals surface area contributed by atoms with Gasteiger partial charge in [0.05, 0.1) is 11.3 Å². The van der Waals surface area contributed by atoms with E-state index >= 15 is 0 Å². The summed E-state index contributed by atoms with van der Waals surface area (Å²) >= 11 is 0. The van der Waals surface area contributed by atoms with E-state index in [1.807, 2.05) is 13.8 Å². The summed E-state index contributed by atoms with van der Waals surface area (Å²) in [7, 11) is 0. The normalized spacial score (nSPS) is 10.3. The Balaban J connectivity index is 2.53. The standard InChI is InChI=1S/C13H13N5/c1-8(2)13-17-11(4-12(15)18-13)10-3-9(5-14)6-16-7-10/h3-4,6-8H,1-2H3,(H2,15,17,18). The molecule has 0 saturated heterocycles. The maximum atomic E-state index is 8.86. The Morgan fingerprint density at radius 1 is 1.22 bits per heavy atom. The number of pyridine rings is 1. The molecule has 0 aliphatic rings. The Morgan fingerprint density at radius 3 is 2.67 bits per heavy atom. The number of nitriles is 1. The molecule has 2 rings (SSSR count). The fraction of sp³-hybridized carbons (Fsp3) is 0.231. The van der Waals surface area contributed by atoms with Crippen molar-refractivity contribution < 1.29 is 0 Å². The second-order valence-corrected chi connectivity index (χ2v) is 4.27. The summed E-state index contributed by atoms with van der Waals surface area (Å²) in [6, 6.07) is 5.47. The van der Waals surface area contributed by atoms with Crippen LogP contribution in [0.1, 0.15) is 31.2 Å². The highest BCUT2D eigenvalue weighted by atomic mass is 14.9. The van der Waals surface area contributed by atoms with E-state index in [1.54, 1.807) is 18.3 Å². The van der Waals surface area contributed by atoms with Crippen molar-refractivity contribution in [2.24, 2.45) is 0 Å². The Kier molecular flexibility index (Phi) is 3.20. The topological polar surface area (TPSA) is 88.5 Å². The molecular weight excluding hydrogens is 226 g/mol. The molecule has 0 aliphatic carbocycles. The zero-order chi connectivity index (χ0) is 13.1. The lowest BCUT2D eigenvalue weighted by Gasteiger charge is -2.08. The summed E-state index contributed by atoms with van der Waals surface area (Å²) in [5.41, 5.74) is 7.72. The van der Waals surface area contributed by atoms with E-state index in [4.69, 9.17) is 11.0 Å². The lowest BCUT2D eigenvalue weighted by atomic mass is 10.1. The summed E-state index contributed by atoms with van der Waals surface area (Å²) in [6.07, 6.45) is 3.17. The van der Waals surface area contributed by atoms with Gasteiger partial charge in [-0.2, -0.15) is 5.26 Å². The third-order valence-electron chi connectivity index (χ3n) is 2.44. The van der Waals surface area contributed by atoms with E-state index in [-0.39, 0.29) is 5.92 Å². The minimum absolute atomic E-state index is 0.194. The summed E-state index contributed by atoms with van der Waals surface area (Å²) in [5, 5.41) is 8.86. The first kappa shape index (κ1) is 12.0. The average molecular weight is 239 g/mol. The maximum absolute atomic E-state index is 8.86. The molecule has 0 radical (unpaired) electrons. The summed E-state index contributed by atoms with van der Waals surface area (Å²) in [5.74, 6) is 1.30. The first-order valence-corrected chi connectivity index (χ1v) is 5.60. The van der Waals surface area contributed by atoms with Crippen LogP contribution in [0.25, 0.3) is 11.3 Å². The minimum Gasteiger partial charge on any atom is -0.384 e. The monoisotopic (exact) mass is 239 g/mol. The molecule has 0 unspecified atom stereocenters. The molecule has 0 atom stereocenters. The van der Waals surface area contributed by atoms with Crippen molar-refractivity contribution in [2.75, 3.05) is 5.73 Å². The molecule has 0 aromatic carbocycles. The van der Waals surface area contributed by atoms with Crippen LogP contribution >= 0.6 is 0 Å². The SMILES string of the molecule is CC(C)c1nc(N)cc(-c2cncc(C#N)c2)n1. The summed E-state index contributed by atoms with van der Waals surface area (Å²) in [6.45, 7) is 4.00. The second-order valence-electron chi connectivity index (χ2n) is 4.27. The van der Waals surface area contributed by atoms with E-state index in [0.717, 1.165) is 5.56 Å². The van der Waals surface area contributed by atoms with Gasteiger partial charge in [0.15, 0.2) is 0 Å². The third kappa shape index (κ3) is 2.43. The lowest BCUT2D eigenvalue weighted by Crippen LogP contribution is -2.03. The zero-order valence-corrected chi connectivity index (χ0v) is 10.3. The summed E-state index contributed by atoms with van der Waals surface area (Å²) in [4.78, 5) is 12.6. The highest BCUT2D eigenvalue weighted by Gasteiger charge is 2.09. The summed E-state index contributed by atoms with van der Waals surface area (Å²) < 4.78 is 0. The van der Waals surface area contributed by atoms with E-state index in [2.05, 4.69) is 21.0 Å². The molecule has 0 saturated carbocycles. The number of aromatic nitrogens is 3. The first-order valence-electron chi connectivity index (χ1n) is 5.60. The molecule has 5 heteroatoms. The van der Waals surface area contributed by atoms with Gasteiger partial charge in [-0.05, 0) is 6.07 Å². The van der Waals surface area contributed by atoms with Crippen LogP contribution in [0, 0.1) is 11.3 Å². The van der Waals surface area contributed by atoms with E-state index < -0.39 is 0 Å². The van der Waals surface area contributed by atoms with Gasteiger partial charge in [-0.3, -0.25) is 4.98 Å². The molecular formula is C13H13N5. The van der Waals surface area contributed by atoms with Gasteiger partial charge in [0.2, 0.25) is 0 Å². The number of nitrogens with two attached hydrogens (primary N) is 1. The number of nitrogen functional groups attached to an aromatic ring is 1. The second kappa shape index (κ2) is 4.80. The number of hydrogen-bond acceptors (Lipinski definition) is 5. The molecule has 0 amide bonds. The fourth-order valence-electron chi connectivity index (χ4n) is 1.53. The van der Waals surface area contributed by atoms with Crippen molar-refractivity contribution in [1.29, 1.82) is 5.26 Å². The molecule has 18 heavy (non-hydrogen) atoms. The van der Waals surface area contributed by atoms with E-state index in [1.165, 1.54) is 6.20 Å². The number of hydrogen-bond donors (Lipinski definition) is 1. The third-order valence-corrected chi connectivity index (χ3v) is 2.44. The molecule has 0 spiro atoms. The number of rotatable bonds is 2. The molecule has 2 aromatic heterocycles. The van der Waals surface area contributed by atoms with Crippen LogP contribution in [0.4, 0.5) is 5.82 Å². The molecule has 2 aromatic rings. The van der Waals surface area contributed by atoms with Gasteiger partial charge in [-0.15, -0.1) is 0 Å². The van der Waals surface area contributed by atoms with Crippen LogP contribution in [0.15, 0.2) is 24.5 Å². The number of nitrogens with zero attached hydrogens (tertiary/aromatic N) is 4. The van der Waals surface area contributed by atoms with Crippen LogP contribution in [-0.4, -0.2) is 15.0 Å². The van der Waals surface area contributed by atoms with Crippen LogP contribution in [0.5, 0.6) is 0 Å². The highest BCUT2D eigenvalue weighted by molar-refractivity contribution is 5.62. The molecule has 0 aliphatic heterocycles. The van der Waals surface area contributed by atoms with Crippen LogP contribution < -0.4 is 5.73 Å². The molecule has 90 valence electrons. The largest absolute Gasteiger partial charge is 0.384 e. The van der Waals surface area contributed by atoms with Gasteiger partial charge in [0.25, 0.3) is 0 Å². The molecule has 2 N–H and O–H groups in total. The van der Waals surface area contributed by atoms with Gasteiger partial charge in [-0.1, -0.05) is 13.8 Å². The first-order chi connectivity index (χ1) is 8.60. The Morgan fingerprint density at radius 2 is 2.00 bits per heavy atom. The van der Waals surface area contributed by atoms with Crippen molar-refractivity contribution in [2.45, 2.75) is 19.8 Å². The maximum Gasteiger partial charge on any atom is 0.133 e. The Bertz CT molecular complexity index is 613. The van der Waals surface area contributed by atoms with Crippen LogP contribution in [0.2, 0.25) is 0 Å². The van der Waals surface area contributed by atoms with Gasteiger partial charge < -0.3 is 5.73 Å². The fourth-order valence-corrected chi connectivity index (χ4v) is 1.53. The lowest BCUT2D eigenvalue weighted by molar-refractivity contribution is 0.778. The van der Waals surface area contributed by atoms with Crippen molar-refractivity contribution in [3.8, 4) is 17.3 Å². The predicted molar refractivity (Wildman–Crippen MR) is 68.5 cm³/mol. The molecule has 0 fully saturated rings. The zero-order valence-electron chi connectivity index (χ0n) is 10.3. The van der Waals surface area contributed by atoms with Gasteiger partial charge in [0, 0.05) is 29.9 Å². The van der Waals surface area contributed by atoms with E-state index in [0.29, 0.717) is 22.9 Å². The van der Waals surface area contributed by atoms with Crippen molar-refractivity contribution in [3.05, 3.63) is 35.9 Å². The predicted octanol–water partition coefficient (Wildman–Crippen LogP) is 2.12. The van der Waals surface area contributed by atoms with Crippen molar-refractivity contribution >= 4 is 5.82 Å².